The molecule has 0 aliphatic rings. The Morgan fingerprint density at radius 2 is 1.90 bits per heavy atom. The van der Waals surface area contributed by atoms with Crippen molar-refractivity contribution in [1.82, 2.24) is 0 Å². The van der Waals surface area contributed by atoms with E-state index in [2.05, 4.69) is 0 Å². The molecule has 5 heteroatoms. The quantitative estimate of drug-likeness (QED) is 0.590. The van der Waals surface area contributed by atoms with Gasteiger partial charge in [0.1, 0.15) is 11.4 Å². The molecule has 0 saturated carbocycles. The van der Waals surface area contributed by atoms with Crippen molar-refractivity contribution in [1.29, 1.82) is 0 Å². The molecule has 0 N–H and O–H groups in total. The molecule has 2 aromatic carbocycles. The van der Waals surface area contributed by atoms with Gasteiger partial charge < -0.3 is 4.42 Å². The van der Waals surface area contributed by atoms with Crippen LogP contribution < -0.4 is 0 Å². The number of hydrogen-bond donors (Lipinski definition) is 0. The number of ketones is 1. The van der Waals surface area contributed by atoms with Crippen molar-refractivity contribution in [3.8, 4) is 0 Å². The van der Waals surface area contributed by atoms with Crippen molar-refractivity contribution < 1.29 is 13.6 Å². The molecule has 0 unspecified atom stereocenters. The van der Waals surface area contributed by atoms with Crippen LogP contribution in [0.5, 0.6) is 0 Å². The van der Waals surface area contributed by atoms with E-state index in [1.807, 2.05) is 0 Å². The second-order valence-corrected chi connectivity index (χ2v) is 5.49. The number of carbonyl (C=O) groups excluding carboxylic acids is 1. The third-order valence-corrected chi connectivity index (χ3v) is 3.83. The number of benzene rings is 2. The molecule has 1 aromatic heterocycles. The average molecular weight is 323 g/mol. The summed E-state index contributed by atoms with van der Waals surface area (Å²) in [6.45, 7) is 1.75. The molecule has 2 nitrogen and oxygen atoms in total. The lowest BCUT2D eigenvalue weighted by Crippen LogP contribution is -2.02. The zero-order valence-corrected chi connectivity index (χ0v) is 12.4. The van der Waals surface area contributed by atoms with Gasteiger partial charge in [0.05, 0.1) is 5.02 Å². The molecule has 106 valence electrons. The van der Waals surface area contributed by atoms with Gasteiger partial charge in [0.25, 0.3) is 0 Å². The second kappa shape index (κ2) is 5.17. The lowest BCUT2D eigenvalue weighted by molar-refractivity contribution is 0.101. The Kier molecular flexibility index (Phi) is 3.47. The minimum absolute atomic E-state index is 0.153. The largest absolute Gasteiger partial charge is 0.452 e. The number of furan rings is 1. The molecule has 0 fully saturated rings. The molecular formula is C16H9Cl2FO2. The molecule has 0 aliphatic carbocycles. The van der Waals surface area contributed by atoms with E-state index in [0.29, 0.717) is 27.1 Å². The highest BCUT2D eigenvalue weighted by Crippen LogP contribution is 2.30. The van der Waals surface area contributed by atoms with Crippen molar-refractivity contribution in [2.45, 2.75) is 6.92 Å². The number of carbonyl (C=O) groups is 1. The molecule has 0 radical (unpaired) electrons. The van der Waals surface area contributed by atoms with E-state index in [-0.39, 0.29) is 16.6 Å². The average Bonchev–Trinajstić information content (AvgIpc) is 2.75. The molecule has 0 saturated heterocycles. The summed E-state index contributed by atoms with van der Waals surface area (Å²) in [7, 11) is 0. The van der Waals surface area contributed by atoms with E-state index in [1.165, 1.54) is 18.2 Å². The summed E-state index contributed by atoms with van der Waals surface area (Å²) >= 11 is 11.9. The summed E-state index contributed by atoms with van der Waals surface area (Å²) in [6.07, 6.45) is 0. The van der Waals surface area contributed by atoms with Gasteiger partial charge in [-0.15, -0.1) is 0 Å². The van der Waals surface area contributed by atoms with E-state index in [9.17, 15) is 9.18 Å². The minimum atomic E-state index is -0.417. The first-order chi connectivity index (χ1) is 9.97. The maximum Gasteiger partial charge on any atom is 0.229 e. The number of aryl methyl sites for hydroxylation is 1. The highest BCUT2D eigenvalue weighted by Gasteiger charge is 2.21. The summed E-state index contributed by atoms with van der Waals surface area (Å²) in [5, 5.41) is 1.39. The van der Waals surface area contributed by atoms with E-state index >= 15 is 0 Å². The third kappa shape index (κ3) is 2.43. The first kappa shape index (κ1) is 14.1. The van der Waals surface area contributed by atoms with Gasteiger partial charge in [-0.2, -0.15) is 0 Å². The van der Waals surface area contributed by atoms with Gasteiger partial charge in [0, 0.05) is 27.6 Å². The van der Waals surface area contributed by atoms with Gasteiger partial charge in [0.15, 0.2) is 5.76 Å². The van der Waals surface area contributed by atoms with Crippen molar-refractivity contribution in [3.63, 3.8) is 0 Å². The molecule has 3 rings (SSSR count). The Bertz CT molecular complexity index is 868. The van der Waals surface area contributed by atoms with Crippen LogP contribution in [0.1, 0.15) is 21.7 Å². The fraction of sp³-hybridized carbons (Fsp3) is 0.0625. The lowest BCUT2D eigenvalue weighted by atomic mass is 10.0. The van der Waals surface area contributed by atoms with Gasteiger partial charge in [0.2, 0.25) is 5.78 Å². The van der Waals surface area contributed by atoms with E-state index in [4.69, 9.17) is 27.6 Å². The Hall–Kier alpha value is -1.84. The van der Waals surface area contributed by atoms with Crippen LogP contribution in [0.4, 0.5) is 4.39 Å². The molecule has 1 heterocycles. The van der Waals surface area contributed by atoms with Crippen LogP contribution in [-0.2, 0) is 0 Å². The molecular weight excluding hydrogens is 314 g/mol. The van der Waals surface area contributed by atoms with Gasteiger partial charge in [-0.3, -0.25) is 4.79 Å². The van der Waals surface area contributed by atoms with E-state index in [0.717, 1.165) is 0 Å². The SMILES string of the molecule is Cc1c(C(=O)c2ccc(Cl)cc2Cl)oc2cc(F)ccc12. The van der Waals surface area contributed by atoms with Crippen LogP contribution in [0.2, 0.25) is 10.0 Å². The van der Waals surface area contributed by atoms with Crippen LogP contribution in [0.25, 0.3) is 11.0 Å². The van der Waals surface area contributed by atoms with E-state index < -0.39 is 5.82 Å². The summed E-state index contributed by atoms with van der Waals surface area (Å²) in [4.78, 5) is 12.5. The van der Waals surface area contributed by atoms with Crippen molar-refractivity contribution in [2.24, 2.45) is 0 Å². The normalized spacial score (nSPS) is 11.0. The number of rotatable bonds is 2. The number of halogens is 3. The Balaban J connectivity index is 2.15. The third-order valence-electron chi connectivity index (χ3n) is 3.28. The zero-order valence-electron chi connectivity index (χ0n) is 10.9. The predicted octanol–water partition coefficient (Wildman–Crippen LogP) is 5.42. The highest BCUT2D eigenvalue weighted by molar-refractivity contribution is 6.37. The summed E-state index contributed by atoms with van der Waals surface area (Å²) in [6, 6.07) is 8.78. The monoisotopic (exact) mass is 322 g/mol. The minimum Gasteiger partial charge on any atom is -0.452 e. The fourth-order valence-corrected chi connectivity index (χ4v) is 2.71. The summed E-state index contributed by atoms with van der Waals surface area (Å²) in [5.41, 5.74) is 1.28. The lowest BCUT2D eigenvalue weighted by Gasteiger charge is -2.02. The van der Waals surface area contributed by atoms with Crippen LogP contribution in [0, 0.1) is 12.7 Å². The van der Waals surface area contributed by atoms with Gasteiger partial charge in [-0.25, -0.2) is 4.39 Å². The predicted molar refractivity (Wildman–Crippen MR) is 80.8 cm³/mol. The maximum absolute atomic E-state index is 13.2. The summed E-state index contributed by atoms with van der Waals surface area (Å²) in [5.74, 6) is -0.620. The molecule has 0 bridgehead atoms. The first-order valence-electron chi connectivity index (χ1n) is 6.16. The van der Waals surface area contributed by atoms with Crippen molar-refractivity contribution >= 4 is 40.0 Å². The topological polar surface area (TPSA) is 30.2 Å². The maximum atomic E-state index is 13.2. The first-order valence-corrected chi connectivity index (χ1v) is 6.91. The number of hydrogen-bond acceptors (Lipinski definition) is 2. The van der Waals surface area contributed by atoms with E-state index in [1.54, 1.807) is 25.1 Å². The van der Waals surface area contributed by atoms with Gasteiger partial charge in [-0.05, 0) is 37.3 Å². The Morgan fingerprint density at radius 3 is 2.62 bits per heavy atom. The van der Waals surface area contributed by atoms with Crippen LogP contribution in [0.3, 0.4) is 0 Å². The van der Waals surface area contributed by atoms with Crippen LogP contribution in [-0.4, -0.2) is 5.78 Å². The molecule has 0 amide bonds. The standard InChI is InChI=1S/C16H9Cl2FO2/c1-8-11-5-3-10(19)7-14(11)21-16(8)15(20)12-4-2-9(17)6-13(12)18/h2-7H,1H3. The summed E-state index contributed by atoms with van der Waals surface area (Å²) < 4.78 is 18.7. The van der Waals surface area contributed by atoms with Crippen LogP contribution >= 0.6 is 23.2 Å². The molecule has 0 aliphatic heterocycles. The van der Waals surface area contributed by atoms with Gasteiger partial charge in [-0.1, -0.05) is 23.2 Å². The van der Waals surface area contributed by atoms with Crippen LogP contribution in [0.15, 0.2) is 40.8 Å². The Labute approximate surface area is 130 Å². The Morgan fingerprint density at radius 1 is 1.14 bits per heavy atom. The molecule has 3 aromatic rings. The second-order valence-electron chi connectivity index (χ2n) is 4.65. The van der Waals surface area contributed by atoms with Crippen molar-refractivity contribution in [3.05, 3.63) is 69.1 Å². The molecule has 0 atom stereocenters. The molecule has 0 spiro atoms. The fourth-order valence-electron chi connectivity index (χ4n) is 2.21. The zero-order chi connectivity index (χ0) is 15.1. The smallest absolute Gasteiger partial charge is 0.229 e. The van der Waals surface area contributed by atoms with Gasteiger partial charge >= 0.3 is 0 Å². The van der Waals surface area contributed by atoms with Crippen molar-refractivity contribution in [2.75, 3.05) is 0 Å². The number of fused-ring (bicyclic) bond motifs is 1. The molecule has 21 heavy (non-hydrogen) atoms. The highest BCUT2D eigenvalue weighted by atomic mass is 35.5.